The number of hydrogen-bond acceptors (Lipinski definition) is 4. The molecule has 1 saturated heterocycles. The van der Waals surface area contributed by atoms with Crippen LogP contribution in [0.4, 0.5) is 0 Å². The second kappa shape index (κ2) is 6.23. The molecule has 0 radical (unpaired) electrons. The van der Waals surface area contributed by atoms with Crippen molar-refractivity contribution in [3.05, 3.63) is 0 Å². The average molecular weight is 205 g/mol. The molecule has 0 aromatic carbocycles. The summed E-state index contributed by atoms with van der Waals surface area (Å²) in [6.07, 6.45) is 1.51. The topological polar surface area (TPSA) is 38.8 Å². The van der Waals surface area contributed by atoms with Gasteiger partial charge in [0.05, 0.1) is 19.8 Å². The normalized spacial score (nSPS) is 17.0. The first-order valence-corrected chi connectivity index (χ1v) is 5.09. The van der Waals surface area contributed by atoms with Crippen LogP contribution in [0.5, 0.6) is 0 Å². The molecule has 1 aliphatic rings. The average Bonchev–Trinajstić information content (AvgIpc) is 2.52. The number of amides is 1. The summed E-state index contributed by atoms with van der Waals surface area (Å²) in [4.78, 5) is 16.2. The van der Waals surface area contributed by atoms with Crippen molar-refractivity contribution in [2.45, 2.75) is 12.8 Å². The van der Waals surface area contributed by atoms with Crippen LogP contribution in [0.1, 0.15) is 12.8 Å². The lowest BCUT2D eigenvalue weighted by Crippen LogP contribution is -2.26. The summed E-state index contributed by atoms with van der Waals surface area (Å²) in [5.41, 5.74) is 0. The third kappa shape index (κ3) is 3.97. The van der Waals surface area contributed by atoms with Gasteiger partial charge in [-0.3, -0.25) is 9.63 Å². The monoisotopic (exact) mass is 205 g/mol. The van der Waals surface area contributed by atoms with Crippen molar-refractivity contribution in [3.8, 4) is 0 Å². The van der Waals surface area contributed by atoms with Crippen LogP contribution in [0, 0.1) is 0 Å². The third-order valence-corrected chi connectivity index (χ3v) is 1.92. The van der Waals surface area contributed by atoms with E-state index in [9.17, 15) is 4.79 Å². The van der Waals surface area contributed by atoms with E-state index in [4.69, 9.17) is 9.57 Å². The molecular weight excluding hydrogens is 190 g/mol. The van der Waals surface area contributed by atoms with E-state index in [1.165, 1.54) is 5.06 Å². The Balaban J connectivity index is 1.96. The minimum atomic E-state index is 0.0780. The van der Waals surface area contributed by atoms with E-state index in [0.29, 0.717) is 38.5 Å². The number of hydrogen-bond donors (Lipinski definition) is 1. The first kappa shape index (κ1) is 10.8. The summed E-state index contributed by atoms with van der Waals surface area (Å²) in [5, 5.41) is 1.42. The number of nitrogens with zero attached hydrogens (tertiary/aromatic N) is 1. The van der Waals surface area contributed by atoms with Crippen LogP contribution in [0.15, 0.2) is 0 Å². The summed E-state index contributed by atoms with van der Waals surface area (Å²) < 4.78 is 5.14. The summed E-state index contributed by atoms with van der Waals surface area (Å²) in [6.45, 7) is 2.30. The van der Waals surface area contributed by atoms with Crippen LogP contribution in [0.3, 0.4) is 0 Å². The fourth-order valence-electron chi connectivity index (χ4n) is 1.13. The maximum Gasteiger partial charge on any atom is 0.246 e. The summed E-state index contributed by atoms with van der Waals surface area (Å²) in [7, 11) is 0. The van der Waals surface area contributed by atoms with Gasteiger partial charge in [-0.25, -0.2) is 5.06 Å². The molecule has 1 rings (SSSR count). The van der Waals surface area contributed by atoms with E-state index in [1.807, 2.05) is 0 Å². The molecule has 4 nitrogen and oxygen atoms in total. The highest BCUT2D eigenvalue weighted by Crippen LogP contribution is 2.09. The van der Waals surface area contributed by atoms with Gasteiger partial charge in [-0.05, 0) is 6.42 Å². The van der Waals surface area contributed by atoms with E-state index in [0.717, 1.165) is 6.42 Å². The van der Waals surface area contributed by atoms with E-state index in [1.54, 1.807) is 0 Å². The van der Waals surface area contributed by atoms with Gasteiger partial charge in [-0.15, -0.1) is 0 Å². The van der Waals surface area contributed by atoms with Crippen molar-refractivity contribution in [2.75, 3.05) is 32.1 Å². The molecule has 0 bridgehead atoms. The fraction of sp³-hybridized carbons (Fsp3) is 0.875. The lowest BCUT2D eigenvalue weighted by molar-refractivity contribution is -0.181. The largest absolute Gasteiger partial charge is 0.378 e. The Morgan fingerprint density at radius 2 is 2.23 bits per heavy atom. The lowest BCUT2D eigenvalue weighted by Gasteiger charge is -2.14. The van der Waals surface area contributed by atoms with E-state index < -0.39 is 0 Å². The van der Waals surface area contributed by atoms with Gasteiger partial charge < -0.3 is 4.74 Å². The number of thiol groups is 1. The van der Waals surface area contributed by atoms with Gasteiger partial charge in [-0.2, -0.15) is 12.6 Å². The van der Waals surface area contributed by atoms with E-state index in [-0.39, 0.29) is 5.91 Å². The van der Waals surface area contributed by atoms with E-state index in [2.05, 4.69) is 12.6 Å². The van der Waals surface area contributed by atoms with Crippen molar-refractivity contribution < 1.29 is 14.4 Å². The molecule has 0 spiro atoms. The Kier molecular flexibility index (Phi) is 5.19. The van der Waals surface area contributed by atoms with Gasteiger partial charge in [-0.1, -0.05) is 0 Å². The van der Waals surface area contributed by atoms with Crippen molar-refractivity contribution >= 4 is 18.5 Å². The Bertz CT molecular complexity index is 165. The highest BCUT2D eigenvalue weighted by molar-refractivity contribution is 7.80. The number of rotatable bonds is 6. The van der Waals surface area contributed by atoms with Crippen molar-refractivity contribution in [1.29, 1.82) is 0 Å². The second-order valence-electron chi connectivity index (χ2n) is 2.77. The molecule has 1 aliphatic heterocycles. The molecule has 76 valence electrons. The Morgan fingerprint density at radius 3 is 2.85 bits per heavy atom. The molecule has 0 atom stereocenters. The van der Waals surface area contributed by atoms with Crippen LogP contribution in [-0.2, 0) is 14.4 Å². The minimum Gasteiger partial charge on any atom is -0.378 e. The SMILES string of the molecule is O=C1CCCN1OCCOCCS. The maximum absolute atomic E-state index is 11.0. The van der Waals surface area contributed by atoms with Crippen LogP contribution in [0.25, 0.3) is 0 Å². The predicted molar refractivity (Wildman–Crippen MR) is 51.6 cm³/mol. The smallest absolute Gasteiger partial charge is 0.246 e. The van der Waals surface area contributed by atoms with Crippen molar-refractivity contribution in [1.82, 2.24) is 5.06 Å². The maximum atomic E-state index is 11.0. The first-order chi connectivity index (χ1) is 6.34. The van der Waals surface area contributed by atoms with Gasteiger partial charge in [0, 0.05) is 18.7 Å². The molecule has 0 N–H and O–H groups in total. The minimum absolute atomic E-state index is 0.0780. The van der Waals surface area contributed by atoms with E-state index >= 15 is 0 Å². The zero-order valence-electron chi connectivity index (χ0n) is 7.57. The van der Waals surface area contributed by atoms with Crippen LogP contribution in [0.2, 0.25) is 0 Å². The van der Waals surface area contributed by atoms with Gasteiger partial charge >= 0.3 is 0 Å². The van der Waals surface area contributed by atoms with Crippen LogP contribution >= 0.6 is 12.6 Å². The lowest BCUT2D eigenvalue weighted by atomic mass is 10.4. The number of carbonyl (C=O) groups is 1. The molecule has 5 heteroatoms. The quantitative estimate of drug-likeness (QED) is 0.506. The molecule has 0 aromatic rings. The number of carbonyl (C=O) groups excluding carboxylic acids is 1. The zero-order valence-corrected chi connectivity index (χ0v) is 8.46. The molecule has 0 unspecified atom stereocenters. The highest BCUT2D eigenvalue weighted by atomic mass is 32.1. The molecule has 1 heterocycles. The Morgan fingerprint density at radius 1 is 1.38 bits per heavy atom. The number of ether oxygens (including phenoxy) is 1. The Labute approximate surface area is 83.5 Å². The molecule has 1 fully saturated rings. The molecule has 13 heavy (non-hydrogen) atoms. The summed E-state index contributed by atoms with van der Waals surface area (Å²) in [6, 6.07) is 0. The van der Waals surface area contributed by atoms with Crippen LogP contribution < -0.4 is 0 Å². The zero-order chi connectivity index (χ0) is 9.52. The van der Waals surface area contributed by atoms with Gasteiger partial charge in [0.25, 0.3) is 0 Å². The summed E-state index contributed by atoms with van der Waals surface area (Å²) in [5.74, 6) is 0.789. The standard InChI is InChI=1S/C8H15NO3S/c10-8-2-1-3-9(8)12-5-4-11-6-7-13/h13H,1-7H2. The fourth-order valence-corrected chi connectivity index (χ4v) is 1.26. The van der Waals surface area contributed by atoms with Gasteiger partial charge in [0.2, 0.25) is 5.91 Å². The van der Waals surface area contributed by atoms with Crippen LogP contribution in [-0.4, -0.2) is 43.1 Å². The molecule has 0 saturated carbocycles. The van der Waals surface area contributed by atoms with Gasteiger partial charge in [0.1, 0.15) is 0 Å². The highest BCUT2D eigenvalue weighted by Gasteiger charge is 2.20. The second-order valence-corrected chi connectivity index (χ2v) is 3.22. The molecule has 0 aliphatic carbocycles. The predicted octanol–water partition coefficient (Wildman–Crippen LogP) is 0.487. The van der Waals surface area contributed by atoms with Gasteiger partial charge in [0.15, 0.2) is 0 Å². The molecule has 1 amide bonds. The third-order valence-electron chi connectivity index (χ3n) is 1.74. The molecule has 0 aromatic heterocycles. The van der Waals surface area contributed by atoms with Crippen molar-refractivity contribution in [2.24, 2.45) is 0 Å². The summed E-state index contributed by atoms with van der Waals surface area (Å²) >= 11 is 3.99. The molecular formula is C8H15NO3S. The Hall–Kier alpha value is -0.260. The van der Waals surface area contributed by atoms with Crippen molar-refractivity contribution in [3.63, 3.8) is 0 Å². The number of hydroxylamine groups is 2. The first-order valence-electron chi connectivity index (χ1n) is 4.46.